The summed E-state index contributed by atoms with van der Waals surface area (Å²) < 4.78 is 7.31. The van der Waals surface area contributed by atoms with E-state index in [2.05, 4.69) is 15.5 Å². The molecule has 6 nitrogen and oxygen atoms in total. The zero-order valence-electron chi connectivity index (χ0n) is 14.2. The molecule has 0 saturated carbocycles. The van der Waals surface area contributed by atoms with Gasteiger partial charge in [-0.05, 0) is 44.5 Å². The first-order chi connectivity index (χ1) is 11.5. The Balaban J connectivity index is 2.03. The van der Waals surface area contributed by atoms with Crippen molar-refractivity contribution in [2.45, 2.75) is 32.0 Å². The van der Waals surface area contributed by atoms with Crippen LogP contribution in [0.2, 0.25) is 0 Å². The van der Waals surface area contributed by atoms with Crippen molar-refractivity contribution in [3.05, 3.63) is 29.8 Å². The number of methoxy groups -OCH3 is 1. The molecule has 3 aromatic rings. The molecule has 0 bridgehead atoms. The standard InChI is InChI=1S/C17H20N4O2S/c1-10(2)18-16(22)9-24-17-20-19-15-7-11(3)13-6-5-12(23-4)8-14(13)21(15)17/h5-8,10H,9H2,1-4H3,(H,18,22). The summed E-state index contributed by atoms with van der Waals surface area (Å²) in [6.45, 7) is 5.93. The fraction of sp³-hybridized carbons (Fsp3) is 0.353. The fourth-order valence-electron chi connectivity index (χ4n) is 2.62. The van der Waals surface area contributed by atoms with Gasteiger partial charge in [0.25, 0.3) is 0 Å². The predicted molar refractivity (Wildman–Crippen MR) is 95.8 cm³/mol. The Bertz CT molecular complexity index is 904. The van der Waals surface area contributed by atoms with E-state index in [1.807, 2.05) is 49.4 Å². The number of fused-ring (bicyclic) bond motifs is 3. The van der Waals surface area contributed by atoms with E-state index in [4.69, 9.17) is 4.74 Å². The number of rotatable bonds is 5. The molecule has 3 rings (SSSR count). The molecule has 126 valence electrons. The average molecular weight is 344 g/mol. The van der Waals surface area contributed by atoms with E-state index in [0.717, 1.165) is 27.9 Å². The highest BCUT2D eigenvalue weighted by Gasteiger charge is 2.14. The molecule has 2 heterocycles. The van der Waals surface area contributed by atoms with Crippen LogP contribution in [0.5, 0.6) is 5.75 Å². The number of nitrogens with one attached hydrogen (secondary N) is 1. The van der Waals surface area contributed by atoms with Crippen LogP contribution in [0, 0.1) is 6.92 Å². The van der Waals surface area contributed by atoms with Crippen LogP contribution >= 0.6 is 11.8 Å². The Morgan fingerprint density at radius 1 is 1.33 bits per heavy atom. The second-order valence-electron chi connectivity index (χ2n) is 5.90. The van der Waals surface area contributed by atoms with Gasteiger partial charge in [0, 0.05) is 17.5 Å². The third kappa shape index (κ3) is 3.17. The van der Waals surface area contributed by atoms with Gasteiger partial charge in [-0.1, -0.05) is 11.8 Å². The lowest BCUT2D eigenvalue weighted by Gasteiger charge is -2.10. The number of amides is 1. The molecule has 0 aliphatic rings. The van der Waals surface area contributed by atoms with E-state index < -0.39 is 0 Å². The number of aryl methyl sites for hydroxylation is 1. The molecule has 1 amide bonds. The minimum absolute atomic E-state index is 0.0132. The van der Waals surface area contributed by atoms with Crippen LogP contribution in [0.25, 0.3) is 16.6 Å². The summed E-state index contributed by atoms with van der Waals surface area (Å²) in [6, 6.07) is 8.06. The molecule has 1 N–H and O–H groups in total. The van der Waals surface area contributed by atoms with Gasteiger partial charge < -0.3 is 10.1 Å². The lowest BCUT2D eigenvalue weighted by atomic mass is 10.1. The molecular weight excluding hydrogens is 324 g/mol. The number of nitrogens with zero attached hydrogens (tertiary/aromatic N) is 3. The summed E-state index contributed by atoms with van der Waals surface area (Å²) >= 11 is 1.38. The normalized spacial score (nSPS) is 11.4. The molecular formula is C17H20N4O2S. The van der Waals surface area contributed by atoms with Crippen LogP contribution in [-0.2, 0) is 4.79 Å². The molecule has 0 radical (unpaired) electrons. The summed E-state index contributed by atoms with van der Waals surface area (Å²) in [7, 11) is 1.65. The van der Waals surface area contributed by atoms with Gasteiger partial charge in [0.2, 0.25) is 5.91 Å². The highest BCUT2D eigenvalue weighted by atomic mass is 32.2. The van der Waals surface area contributed by atoms with Crippen molar-refractivity contribution in [1.29, 1.82) is 0 Å². The molecule has 2 aromatic heterocycles. The highest BCUT2D eigenvalue weighted by Crippen LogP contribution is 2.28. The molecule has 24 heavy (non-hydrogen) atoms. The summed E-state index contributed by atoms with van der Waals surface area (Å²) in [5, 5.41) is 13.2. The lowest BCUT2D eigenvalue weighted by Crippen LogP contribution is -2.31. The van der Waals surface area contributed by atoms with Crippen LogP contribution in [0.1, 0.15) is 19.4 Å². The maximum Gasteiger partial charge on any atom is 0.230 e. The number of hydrogen-bond acceptors (Lipinski definition) is 5. The molecule has 0 aliphatic carbocycles. The van der Waals surface area contributed by atoms with E-state index >= 15 is 0 Å². The van der Waals surface area contributed by atoms with Crippen LogP contribution in [0.4, 0.5) is 0 Å². The van der Waals surface area contributed by atoms with E-state index in [-0.39, 0.29) is 11.9 Å². The summed E-state index contributed by atoms with van der Waals surface area (Å²) in [4.78, 5) is 11.9. The van der Waals surface area contributed by atoms with Crippen molar-refractivity contribution in [2.24, 2.45) is 0 Å². The zero-order chi connectivity index (χ0) is 17.3. The van der Waals surface area contributed by atoms with Gasteiger partial charge in [0.1, 0.15) is 5.75 Å². The largest absolute Gasteiger partial charge is 0.497 e. The van der Waals surface area contributed by atoms with Crippen LogP contribution in [0.15, 0.2) is 29.4 Å². The van der Waals surface area contributed by atoms with Crippen molar-refractivity contribution in [1.82, 2.24) is 19.9 Å². The van der Waals surface area contributed by atoms with Crippen LogP contribution < -0.4 is 10.1 Å². The number of ether oxygens (including phenoxy) is 1. The smallest absolute Gasteiger partial charge is 0.230 e. The molecule has 0 fully saturated rings. The van der Waals surface area contributed by atoms with Crippen molar-refractivity contribution in [2.75, 3.05) is 12.9 Å². The summed E-state index contributed by atoms with van der Waals surface area (Å²) in [5.74, 6) is 1.07. The molecule has 0 spiro atoms. The van der Waals surface area contributed by atoms with Gasteiger partial charge >= 0.3 is 0 Å². The van der Waals surface area contributed by atoms with Crippen molar-refractivity contribution >= 4 is 34.2 Å². The Labute approximate surface area is 144 Å². The van der Waals surface area contributed by atoms with Gasteiger partial charge in [-0.25, -0.2) is 0 Å². The monoisotopic (exact) mass is 344 g/mol. The maximum absolute atomic E-state index is 11.9. The van der Waals surface area contributed by atoms with E-state index in [0.29, 0.717) is 10.9 Å². The molecule has 0 aliphatic heterocycles. The second-order valence-corrected chi connectivity index (χ2v) is 6.84. The Hall–Kier alpha value is -2.28. The van der Waals surface area contributed by atoms with Crippen molar-refractivity contribution < 1.29 is 9.53 Å². The van der Waals surface area contributed by atoms with E-state index in [9.17, 15) is 4.79 Å². The Kier molecular flexibility index (Phi) is 4.62. The predicted octanol–water partition coefficient (Wildman–Crippen LogP) is 2.82. The number of carbonyl (C=O) groups is 1. The van der Waals surface area contributed by atoms with Crippen molar-refractivity contribution in [3.63, 3.8) is 0 Å². The third-order valence-electron chi connectivity index (χ3n) is 3.66. The van der Waals surface area contributed by atoms with Gasteiger partial charge in [-0.3, -0.25) is 9.20 Å². The van der Waals surface area contributed by atoms with Gasteiger partial charge in [-0.15, -0.1) is 10.2 Å². The molecule has 7 heteroatoms. The minimum atomic E-state index is -0.0132. The minimum Gasteiger partial charge on any atom is -0.497 e. The highest BCUT2D eigenvalue weighted by molar-refractivity contribution is 7.99. The first-order valence-electron chi connectivity index (χ1n) is 7.74. The summed E-state index contributed by atoms with van der Waals surface area (Å²) in [6.07, 6.45) is 0. The number of benzene rings is 1. The third-order valence-corrected chi connectivity index (χ3v) is 4.59. The molecule has 1 aromatic carbocycles. The Morgan fingerprint density at radius 3 is 2.83 bits per heavy atom. The number of hydrogen-bond donors (Lipinski definition) is 1. The Morgan fingerprint density at radius 2 is 2.12 bits per heavy atom. The molecule has 0 unspecified atom stereocenters. The van der Waals surface area contributed by atoms with E-state index in [1.165, 1.54) is 11.8 Å². The van der Waals surface area contributed by atoms with Crippen LogP contribution in [-0.4, -0.2) is 39.4 Å². The van der Waals surface area contributed by atoms with Gasteiger partial charge in [0.15, 0.2) is 10.8 Å². The SMILES string of the molecule is COc1ccc2c(C)cc3nnc(SCC(=O)NC(C)C)n3c2c1. The molecule has 0 atom stereocenters. The quantitative estimate of drug-likeness (QED) is 0.721. The number of aromatic nitrogens is 3. The first kappa shape index (κ1) is 16.6. The number of thioether (sulfide) groups is 1. The lowest BCUT2D eigenvalue weighted by molar-refractivity contribution is -0.119. The van der Waals surface area contributed by atoms with Gasteiger partial charge in [0.05, 0.1) is 18.4 Å². The van der Waals surface area contributed by atoms with E-state index in [1.54, 1.807) is 7.11 Å². The number of carbonyl (C=O) groups excluding carboxylic acids is 1. The second kappa shape index (κ2) is 6.68. The first-order valence-corrected chi connectivity index (χ1v) is 8.73. The zero-order valence-corrected chi connectivity index (χ0v) is 15.0. The van der Waals surface area contributed by atoms with Crippen LogP contribution in [0.3, 0.4) is 0 Å². The number of pyridine rings is 1. The summed E-state index contributed by atoms with van der Waals surface area (Å²) in [5.41, 5.74) is 2.86. The van der Waals surface area contributed by atoms with Crippen molar-refractivity contribution in [3.8, 4) is 5.75 Å². The van der Waals surface area contributed by atoms with Gasteiger partial charge in [-0.2, -0.15) is 0 Å². The maximum atomic E-state index is 11.9. The average Bonchev–Trinajstić information content (AvgIpc) is 2.95. The topological polar surface area (TPSA) is 68.5 Å². The molecule has 0 saturated heterocycles. The fourth-order valence-corrected chi connectivity index (χ4v) is 3.38.